The van der Waals surface area contributed by atoms with Gasteiger partial charge in [0, 0.05) is 5.56 Å². The fourth-order valence-electron chi connectivity index (χ4n) is 4.57. The third-order valence-electron chi connectivity index (χ3n) is 6.50. The SMILES string of the molecule is Cc1ccc2nc(N3C(=O)C(=O)C(C(=O)c4ccccc4)C3c3ccc(C(C)(C)C)cc3)sc2c1. The zero-order chi connectivity index (χ0) is 24.9. The molecule has 1 saturated heterocycles. The van der Waals surface area contributed by atoms with Crippen LogP contribution in [0.1, 0.15) is 53.9 Å². The quantitative estimate of drug-likeness (QED) is 0.201. The molecule has 1 aliphatic heterocycles. The zero-order valence-electron chi connectivity index (χ0n) is 20.1. The molecule has 0 aliphatic carbocycles. The Bertz CT molecular complexity index is 1450. The molecule has 2 heterocycles. The average Bonchev–Trinajstić information content (AvgIpc) is 3.36. The van der Waals surface area contributed by atoms with Crippen LogP contribution in [0, 0.1) is 12.8 Å². The van der Waals surface area contributed by atoms with E-state index in [0.29, 0.717) is 10.7 Å². The van der Waals surface area contributed by atoms with Crippen molar-refractivity contribution < 1.29 is 14.4 Å². The van der Waals surface area contributed by atoms with Crippen molar-refractivity contribution in [3.63, 3.8) is 0 Å². The predicted molar refractivity (Wildman–Crippen MR) is 139 cm³/mol. The Morgan fingerprint density at radius 3 is 2.29 bits per heavy atom. The second kappa shape index (κ2) is 8.54. The summed E-state index contributed by atoms with van der Waals surface area (Å²) < 4.78 is 0.930. The summed E-state index contributed by atoms with van der Waals surface area (Å²) in [5.74, 6) is -2.88. The normalized spacial score (nSPS) is 18.5. The van der Waals surface area contributed by atoms with E-state index in [1.807, 2.05) is 55.5 Å². The summed E-state index contributed by atoms with van der Waals surface area (Å²) in [5, 5.41) is 0.428. The number of aryl methyl sites for hydroxylation is 1. The van der Waals surface area contributed by atoms with Gasteiger partial charge in [-0.25, -0.2) is 4.98 Å². The van der Waals surface area contributed by atoms with E-state index in [-0.39, 0.29) is 11.2 Å². The molecule has 1 fully saturated rings. The van der Waals surface area contributed by atoms with Crippen LogP contribution in [0.2, 0.25) is 0 Å². The first-order valence-corrected chi connectivity index (χ1v) is 12.4. The summed E-state index contributed by atoms with van der Waals surface area (Å²) in [5.41, 5.74) is 4.07. The van der Waals surface area contributed by atoms with E-state index in [1.54, 1.807) is 24.3 Å². The smallest absolute Gasteiger partial charge is 0.293 e. The van der Waals surface area contributed by atoms with Crippen LogP contribution in [-0.4, -0.2) is 22.5 Å². The van der Waals surface area contributed by atoms with Gasteiger partial charge >= 0.3 is 0 Å². The van der Waals surface area contributed by atoms with Gasteiger partial charge in [0.25, 0.3) is 5.91 Å². The van der Waals surface area contributed by atoms with Crippen molar-refractivity contribution in [2.45, 2.75) is 39.2 Å². The van der Waals surface area contributed by atoms with Gasteiger partial charge in [-0.3, -0.25) is 19.3 Å². The number of fused-ring (bicyclic) bond motifs is 1. The minimum atomic E-state index is -1.14. The van der Waals surface area contributed by atoms with Crippen LogP contribution in [0.25, 0.3) is 10.2 Å². The van der Waals surface area contributed by atoms with Crippen molar-refractivity contribution in [1.82, 2.24) is 4.98 Å². The van der Waals surface area contributed by atoms with E-state index in [2.05, 4.69) is 25.8 Å². The molecule has 2 atom stereocenters. The highest BCUT2D eigenvalue weighted by Gasteiger charge is 2.53. The molecular weight excluding hydrogens is 456 g/mol. The van der Waals surface area contributed by atoms with Crippen LogP contribution in [0.15, 0.2) is 72.8 Å². The molecule has 0 bridgehead atoms. The third-order valence-corrected chi connectivity index (χ3v) is 7.52. The van der Waals surface area contributed by atoms with Crippen LogP contribution < -0.4 is 4.90 Å². The third kappa shape index (κ3) is 4.08. The molecule has 6 heteroatoms. The van der Waals surface area contributed by atoms with Crippen molar-refractivity contribution in [3.05, 3.63) is 95.1 Å². The number of carbonyl (C=O) groups is 3. The van der Waals surface area contributed by atoms with E-state index in [4.69, 9.17) is 0 Å². The summed E-state index contributed by atoms with van der Waals surface area (Å²) in [6.07, 6.45) is 0. The molecular formula is C29H26N2O3S. The maximum absolute atomic E-state index is 13.6. The molecule has 176 valence electrons. The highest BCUT2D eigenvalue weighted by Crippen LogP contribution is 2.44. The topological polar surface area (TPSA) is 67.3 Å². The van der Waals surface area contributed by atoms with E-state index in [0.717, 1.165) is 26.9 Å². The van der Waals surface area contributed by atoms with E-state index >= 15 is 0 Å². The predicted octanol–water partition coefficient (Wildman–Crippen LogP) is 6.06. The van der Waals surface area contributed by atoms with Crippen LogP contribution >= 0.6 is 11.3 Å². The molecule has 3 aromatic carbocycles. The van der Waals surface area contributed by atoms with Gasteiger partial charge in [-0.2, -0.15) is 0 Å². The number of hydrogen-bond donors (Lipinski definition) is 0. The maximum atomic E-state index is 13.6. The average molecular weight is 483 g/mol. The van der Waals surface area contributed by atoms with Crippen molar-refractivity contribution in [1.29, 1.82) is 0 Å². The Morgan fingerprint density at radius 2 is 1.63 bits per heavy atom. The number of hydrogen-bond acceptors (Lipinski definition) is 5. The van der Waals surface area contributed by atoms with E-state index in [1.165, 1.54) is 16.2 Å². The molecule has 35 heavy (non-hydrogen) atoms. The standard InChI is InChI=1S/C29H26N2O3S/c1-17-10-15-21-22(16-17)35-28(30-21)31-24(18-11-13-20(14-12-18)29(2,3)4)23(26(33)27(31)34)25(32)19-8-6-5-7-9-19/h5-16,23-24H,1-4H3. The maximum Gasteiger partial charge on any atom is 0.297 e. The molecule has 1 aromatic heterocycles. The first-order valence-electron chi connectivity index (χ1n) is 11.6. The lowest BCUT2D eigenvalue weighted by Gasteiger charge is -2.26. The number of thiazole rings is 1. The van der Waals surface area contributed by atoms with Gasteiger partial charge in [-0.15, -0.1) is 0 Å². The van der Waals surface area contributed by atoms with Crippen LogP contribution in [0.4, 0.5) is 5.13 Å². The molecule has 0 radical (unpaired) electrons. The zero-order valence-corrected chi connectivity index (χ0v) is 20.9. The number of nitrogens with zero attached hydrogens (tertiary/aromatic N) is 2. The lowest BCUT2D eigenvalue weighted by atomic mass is 9.83. The first kappa shape index (κ1) is 23.1. The Morgan fingerprint density at radius 1 is 0.943 bits per heavy atom. The van der Waals surface area contributed by atoms with Crippen molar-refractivity contribution >= 4 is 44.2 Å². The number of rotatable bonds is 4. The summed E-state index contributed by atoms with van der Waals surface area (Å²) in [4.78, 5) is 46.4. The Balaban J connectivity index is 1.66. The van der Waals surface area contributed by atoms with Crippen molar-refractivity contribution in [3.8, 4) is 0 Å². The van der Waals surface area contributed by atoms with Gasteiger partial charge in [0.05, 0.1) is 16.3 Å². The molecule has 5 nitrogen and oxygen atoms in total. The summed E-state index contributed by atoms with van der Waals surface area (Å²) in [6.45, 7) is 8.38. The van der Waals surface area contributed by atoms with Gasteiger partial charge in [0.1, 0.15) is 5.92 Å². The molecule has 1 aliphatic rings. The Kier molecular flexibility index (Phi) is 5.64. The fourth-order valence-corrected chi connectivity index (χ4v) is 5.66. The molecule has 0 saturated carbocycles. The van der Waals surface area contributed by atoms with Gasteiger partial charge in [0.15, 0.2) is 10.9 Å². The monoisotopic (exact) mass is 482 g/mol. The van der Waals surface area contributed by atoms with Crippen molar-refractivity contribution in [2.75, 3.05) is 4.90 Å². The highest BCUT2D eigenvalue weighted by atomic mass is 32.1. The first-order chi connectivity index (χ1) is 16.6. The summed E-state index contributed by atoms with van der Waals surface area (Å²) >= 11 is 1.36. The van der Waals surface area contributed by atoms with E-state index < -0.39 is 23.7 Å². The second-order valence-electron chi connectivity index (χ2n) is 10.0. The van der Waals surface area contributed by atoms with Crippen LogP contribution in [0.5, 0.6) is 0 Å². The largest absolute Gasteiger partial charge is 0.297 e. The van der Waals surface area contributed by atoms with E-state index in [9.17, 15) is 14.4 Å². The van der Waals surface area contributed by atoms with Gasteiger partial charge in [0.2, 0.25) is 5.78 Å². The minimum absolute atomic E-state index is 0.0519. The molecule has 0 spiro atoms. The second-order valence-corrected chi connectivity index (χ2v) is 11.0. The molecule has 2 unspecified atom stereocenters. The number of anilines is 1. The minimum Gasteiger partial charge on any atom is -0.293 e. The summed E-state index contributed by atoms with van der Waals surface area (Å²) in [6, 6.07) is 21.7. The Labute approximate surface area is 208 Å². The van der Waals surface area contributed by atoms with Crippen LogP contribution in [0.3, 0.4) is 0 Å². The van der Waals surface area contributed by atoms with Gasteiger partial charge in [-0.1, -0.05) is 92.8 Å². The number of Topliss-reactive ketones (excluding diaryl/α,β-unsaturated/α-hetero) is 2. The van der Waals surface area contributed by atoms with Crippen molar-refractivity contribution in [2.24, 2.45) is 5.92 Å². The number of ketones is 2. The Hall–Kier alpha value is -3.64. The number of benzene rings is 3. The van der Waals surface area contributed by atoms with Gasteiger partial charge < -0.3 is 0 Å². The lowest BCUT2D eigenvalue weighted by molar-refractivity contribution is -0.135. The highest BCUT2D eigenvalue weighted by molar-refractivity contribution is 7.22. The van der Waals surface area contributed by atoms with Crippen LogP contribution in [-0.2, 0) is 15.0 Å². The van der Waals surface area contributed by atoms with Gasteiger partial charge in [-0.05, 0) is 41.2 Å². The number of amides is 1. The fraction of sp³-hybridized carbons (Fsp3) is 0.241. The number of aromatic nitrogens is 1. The molecule has 1 amide bonds. The number of carbonyl (C=O) groups excluding carboxylic acids is 3. The summed E-state index contributed by atoms with van der Waals surface area (Å²) in [7, 11) is 0. The molecule has 5 rings (SSSR count). The molecule has 4 aromatic rings. The molecule has 0 N–H and O–H groups in total. The lowest BCUT2D eigenvalue weighted by Crippen LogP contribution is -2.30.